The summed E-state index contributed by atoms with van der Waals surface area (Å²) in [5.41, 5.74) is 4.62. The summed E-state index contributed by atoms with van der Waals surface area (Å²) in [7, 11) is 0. The van der Waals surface area contributed by atoms with Crippen LogP contribution in [0.4, 0.5) is 0 Å². The lowest BCUT2D eigenvalue weighted by atomic mass is 9.78. The molecule has 0 aromatic rings. The Morgan fingerprint density at radius 2 is 1.85 bits per heavy atom. The van der Waals surface area contributed by atoms with Crippen LogP contribution in [-0.4, -0.2) is 17.0 Å². The van der Waals surface area contributed by atoms with Crippen molar-refractivity contribution >= 4 is 11.9 Å². The molecular formula is C9H17NO3. The maximum Gasteiger partial charge on any atom is 0.307 e. The molecule has 0 aromatic heterocycles. The average Bonchev–Trinajstić information content (AvgIpc) is 1.81. The topological polar surface area (TPSA) is 80.4 Å². The van der Waals surface area contributed by atoms with Crippen molar-refractivity contribution in [1.82, 2.24) is 0 Å². The predicted octanol–water partition coefficient (Wildman–Crippen LogP) is 0.999. The van der Waals surface area contributed by atoms with Crippen LogP contribution in [0, 0.1) is 11.3 Å². The van der Waals surface area contributed by atoms with Crippen LogP contribution in [0.1, 0.15) is 33.6 Å². The van der Waals surface area contributed by atoms with E-state index in [4.69, 9.17) is 10.8 Å². The van der Waals surface area contributed by atoms with E-state index >= 15 is 0 Å². The van der Waals surface area contributed by atoms with Crippen LogP contribution in [0.15, 0.2) is 0 Å². The molecule has 0 aliphatic rings. The van der Waals surface area contributed by atoms with Crippen molar-refractivity contribution < 1.29 is 14.7 Å². The summed E-state index contributed by atoms with van der Waals surface area (Å²) in [5, 5.41) is 8.87. The zero-order valence-electron chi connectivity index (χ0n) is 8.33. The molecule has 1 atom stereocenters. The van der Waals surface area contributed by atoms with E-state index in [2.05, 4.69) is 0 Å². The van der Waals surface area contributed by atoms with Gasteiger partial charge in [0.2, 0.25) is 5.91 Å². The van der Waals surface area contributed by atoms with Gasteiger partial charge in [-0.15, -0.1) is 0 Å². The highest BCUT2D eigenvalue weighted by molar-refractivity contribution is 5.76. The molecule has 0 saturated heterocycles. The zero-order chi connectivity index (χ0) is 10.6. The number of rotatable bonds is 4. The predicted molar refractivity (Wildman–Crippen MR) is 49.0 cm³/mol. The molecule has 0 aliphatic carbocycles. The molecule has 13 heavy (non-hydrogen) atoms. The summed E-state index contributed by atoms with van der Waals surface area (Å²) in [4.78, 5) is 21.3. The summed E-state index contributed by atoms with van der Waals surface area (Å²) < 4.78 is 0. The fourth-order valence-corrected chi connectivity index (χ4v) is 1.21. The Hall–Kier alpha value is -1.06. The van der Waals surface area contributed by atoms with Gasteiger partial charge in [0.25, 0.3) is 0 Å². The molecular weight excluding hydrogens is 170 g/mol. The highest BCUT2D eigenvalue weighted by Gasteiger charge is 2.30. The molecule has 0 aliphatic heterocycles. The largest absolute Gasteiger partial charge is 0.481 e. The molecule has 0 saturated carbocycles. The van der Waals surface area contributed by atoms with Crippen molar-refractivity contribution in [3.05, 3.63) is 0 Å². The van der Waals surface area contributed by atoms with Gasteiger partial charge < -0.3 is 10.8 Å². The van der Waals surface area contributed by atoms with E-state index in [1.165, 1.54) is 0 Å². The van der Waals surface area contributed by atoms with Crippen LogP contribution in [0.2, 0.25) is 0 Å². The van der Waals surface area contributed by atoms with Crippen LogP contribution < -0.4 is 5.73 Å². The first-order valence-corrected chi connectivity index (χ1v) is 4.26. The summed E-state index contributed by atoms with van der Waals surface area (Å²) in [6, 6.07) is 0. The van der Waals surface area contributed by atoms with Crippen LogP contribution in [0.5, 0.6) is 0 Å². The second kappa shape index (κ2) is 4.25. The number of carbonyl (C=O) groups excluding carboxylic acids is 1. The Morgan fingerprint density at radius 3 is 2.08 bits per heavy atom. The average molecular weight is 187 g/mol. The number of aliphatic carboxylic acids is 1. The number of nitrogens with two attached hydrogens (primary N) is 1. The molecule has 0 bridgehead atoms. The summed E-state index contributed by atoms with van der Waals surface area (Å²) in [6.07, 6.45) is 0.447. The van der Waals surface area contributed by atoms with Gasteiger partial charge in [0.1, 0.15) is 0 Å². The Morgan fingerprint density at radius 1 is 1.38 bits per heavy atom. The van der Waals surface area contributed by atoms with E-state index < -0.39 is 17.8 Å². The van der Waals surface area contributed by atoms with Gasteiger partial charge in [-0.3, -0.25) is 9.59 Å². The Labute approximate surface area is 78.1 Å². The second-order valence-electron chi connectivity index (χ2n) is 4.26. The lowest BCUT2D eigenvalue weighted by Crippen LogP contribution is -2.29. The fraction of sp³-hybridized carbons (Fsp3) is 0.778. The lowest BCUT2D eigenvalue weighted by molar-refractivity contribution is -0.145. The molecule has 3 N–H and O–H groups in total. The highest BCUT2D eigenvalue weighted by atomic mass is 16.4. The Bertz CT molecular complexity index is 205. The van der Waals surface area contributed by atoms with Crippen molar-refractivity contribution in [1.29, 1.82) is 0 Å². The molecule has 0 rings (SSSR count). The number of hydrogen-bond acceptors (Lipinski definition) is 2. The minimum Gasteiger partial charge on any atom is -0.481 e. The molecule has 0 aromatic carbocycles. The number of hydrogen-bond donors (Lipinski definition) is 2. The van der Waals surface area contributed by atoms with Crippen LogP contribution in [0.3, 0.4) is 0 Å². The molecule has 0 fully saturated rings. The fourth-order valence-electron chi connectivity index (χ4n) is 1.21. The van der Waals surface area contributed by atoms with Gasteiger partial charge >= 0.3 is 5.97 Å². The first-order chi connectivity index (χ1) is 5.75. The smallest absolute Gasteiger partial charge is 0.307 e. The van der Waals surface area contributed by atoms with Gasteiger partial charge in [0.15, 0.2) is 0 Å². The van der Waals surface area contributed by atoms with Gasteiger partial charge in [-0.25, -0.2) is 0 Å². The number of primary amides is 1. The molecule has 0 spiro atoms. The van der Waals surface area contributed by atoms with Crippen molar-refractivity contribution in [2.75, 3.05) is 0 Å². The number of carboxylic acids is 1. The van der Waals surface area contributed by atoms with Crippen LogP contribution in [-0.2, 0) is 9.59 Å². The van der Waals surface area contributed by atoms with Crippen molar-refractivity contribution in [3.8, 4) is 0 Å². The van der Waals surface area contributed by atoms with E-state index in [0.717, 1.165) is 0 Å². The number of amides is 1. The number of carbonyl (C=O) groups is 2. The van der Waals surface area contributed by atoms with Crippen LogP contribution >= 0.6 is 0 Å². The van der Waals surface area contributed by atoms with Gasteiger partial charge in [-0.1, -0.05) is 20.8 Å². The van der Waals surface area contributed by atoms with Gasteiger partial charge in [-0.2, -0.15) is 0 Å². The molecule has 76 valence electrons. The van der Waals surface area contributed by atoms with Gasteiger partial charge in [0.05, 0.1) is 5.92 Å². The normalized spacial score (nSPS) is 13.8. The maximum atomic E-state index is 10.8. The first-order valence-electron chi connectivity index (χ1n) is 4.26. The molecule has 4 nitrogen and oxygen atoms in total. The third kappa shape index (κ3) is 4.50. The SMILES string of the molecule is CC(C)(C)C(CCC(N)=O)C(=O)O. The van der Waals surface area contributed by atoms with E-state index in [0.29, 0.717) is 6.42 Å². The molecule has 0 radical (unpaired) electrons. The zero-order valence-corrected chi connectivity index (χ0v) is 8.33. The Balaban J connectivity index is 4.28. The molecule has 0 heterocycles. The van der Waals surface area contributed by atoms with Crippen molar-refractivity contribution in [2.45, 2.75) is 33.6 Å². The molecule has 1 unspecified atom stereocenters. The highest BCUT2D eigenvalue weighted by Crippen LogP contribution is 2.29. The third-order valence-corrected chi connectivity index (χ3v) is 2.02. The minimum absolute atomic E-state index is 0.133. The maximum absolute atomic E-state index is 10.8. The summed E-state index contributed by atoms with van der Waals surface area (Å²) in [5.74, 6) is -1.83. The summed E-state index contributed by atoms with van der Waals surface area (Å²) >= 11 is 0. The standard InChI is InChI=1S/C9H17NO3/c1-9(2,3)6(8(12)13)4-5-7(10)11/h6H,4-5H2,1-3H3,(H2,10,11)(H,12,13). The Kier molecular flexibility index (Phi) is 3.91. The van der Waals surface area contributed by atoms with E-state index in [1.807, 2.05) is 20.8 Å². The number of carboxylic acid groups (broad SMARTS) is 1. The van der Waals surface area contributed by atoms with E-state index in [1.54, 1.807) is 0 Å². The second-order valence-corrected chi connectivity index (χ2v) is 4.26. The van der Waals surface area contributed by atoms with Crippen molar-refractivity contribution in [2.24, 2.45) is 17.1 Å². The quantitative estimate of drug-likeness (QED) is 0.689. The lowest BCUT2D eigenvalue weighted by Gasteiger charge is -2.26. The van der Waals surface area contributed by atoms with Gasteiger partial charge in [0, 0.05) is 6.42 Å². The molecule has 4 heteroatoms. The summed E-state index contributed by atoms with van der Waals surface area (Å²) in [6.45, 7) is 5.52. The van der Waals surface area contributed by atoms with Crippen LogP contribution in [0.25, 0.3) is 0 Å². The monoisotopic (exact) mass is 187 g/mol. The minimum atomic E-state index is -0.867. The van der Waals surface area contributed by atoms with Gasteiger partial charge in [-0.05, 0) is 11.8 Å². The van der Waals surface area contributed by atoms with Crippen molar-refractivity contribution in [3.63, 3.8) is 0 Å². The first kappa shape index (κ1) is 11.9. The third-order valence-electron chi connectivity index (χ3n) is 2.02. The molecule has 1 amide bonds. The van der Waals surface area contributed by atoms with E-state index in [-0.39, 0.29) is 11.8 Å². The van der Waals surface area contributed by atoms with E-state index in [9.17, 15) is 9.59 Å².